The number of nitrogens with one attached hydrogen (secondary N) is 1. The van der Waals surface area contributed by atoms with E-state index >= 15 is 0 Å². The maximum atomic E-state index is 12.3. The van der Waals surface area contributed by atoms with Gasteiger partial charge in [-0.15, -0.1) is 0 Å². The highest BCUT2D eigenvalue weighted by Gasteiger charge is 2.19. The van der Waals surface area contributed by atoms with E-state index in [1.807, 2.05) is 37.2 Å². The van der Waals surface area contributed by atoms with Gasteiger partial charge in [-0.3, -0.25) is 9.48 Å². The summed E-state index contributed by atoms with van der Waals surface area (Å²) < 4.78 is 2.51. The highest BCUT2D eigenvalue weighted by Crippen LogP contribution is 2.28. The highest BCUT2D eigenvalue weighted by atomic mass is 79.9. The molecule has 21 heavy (non-hydrogen) atoms. The molecule has 1 atom stereocenters. The molecule has 1 heterocycles. The molecule has 6 nitrogen and oxygen atoms in total. The Morgan fingerprint density at radius 1 is 1.48 bits per heavy atom. The monoisotopic (exact) mass is 351 g/mol. The van der Waals surface area contributed by atoms with Gasteiger partial charge >= 0.3 is 0 Å². The summed E-state index contributed by atoms with van der Waals surface area (Å²) in [6.07, 6.45) is 3.33. The number of amides is 1. The van der Waals surface area contributed by atoms with E-state index in [2.05, 4.69) is 26.3 Å². The SMILES string of the molecule is CN(C)c1ccc(Br)cc1NC(=O)C(N)c1cnn(C)c1. The van der Waals surface area contributed by atoms with Gasteiger partial charge in [-0.25, -0.2) is 0 Å². The number of halogens is 1. The Labute approximate surface area is 132 Å². The summed E-state index contributed by atoms with van der Waals surface area (Å²) in [5.74, 6) is -0.274. The molecule has 2 aromatic rings. The predicted octanol–water partition coefficient (Wildman–Crippen LogP) is 1.89. The maximum Gasteiger partial charge on any atom is 0.246 e. The number of benzene rings is 1. The zero-order valence-corrected chi connectivity index (χ0v) is 13.8. The van der Waals surface area contributed by atoms with E-state index in [-0.39, 0.29) is 5.91 Å². The van der Waals surface area contributed by atoms with Crippen LogP contribution in [0, 0.1) is 0 Å². The minimum atomic E-state index is -0.757. The Morgan fingerprint density at radius 2 is 2.19 bits per heavy atom. The van der Waals surface area contributed by atoms with Crippen molar-refractivity contribution in [1.82, 2.24) is 9.78 Å². The molecule has 0 spiro atoms. The van der Waals surface area contributed by atoms with Crippen LogP contribution in [0.15, 0.2) is 35.1 Å². The normalized spacial score (nSPS) is 12.0. The van der Waals surface area contributed by atoms with Crippen molar-refractivity contribution < 1.29 is 4.79 Å². The molecule has 7 heteroatoms. The number of nitrogens with zero attached hydrogens (tertiary/aromatic N) is 3. The van der Waals surface area contributed by atoms with Crippen molar-refractivity contribution in [2.24, 2.45) is 12.8 Å². The Bertz CT molecular complexity index is 653. The number of aromatic nitrogens is 2. The van der Waals surface area contributed by atoms with Crippen LogP contribution in [-0.2, 0) is 11.8 Å². The van der Waals surface area contributed by atoms with Gasteiger partial charge in [-0.2, -0.15) is 5.10 Å². The summed E-state index contributed by atoms with van der Waals surface area (Å²) in [7, 11) is 5.62. The Morgan fingerprint density at radius 3 is 2.76 bits per heavy atom. The zero-order valence-electron chi connectivity index (χ0n) is 12.2. The minimum absolute atomic E-state index is 0.274. The molecule has 0 fully saturated rings. The van der Waals surface area contributed by atoms with Gasteiger partial charge in [0.15, 0.2) is 0 Å². The predicted molar refractivity (Wildman–Crippen MR) is 87.2 cm³/mol. The molecule has 2 rings (SSSR count). The lowest BCUT2D eigenvalue weighted by atomic mass is 10.1. The van der Waals surface area contributed by atoms with E-state index in [1.165, 1.54) is 0 Å². The zero-order chi connectivity index (χ0) is 15.6. The molecule has 0 aliphatic rings. The lowest BCUT2D eigenvalue weighted by molar-refractivity contribution is -0.117. The number of hydrogen-bond donors (Lipinski definition) is 2. The molecule has 1 aromatic heterocycles. The first-order valence-electron chi connectivity index (χ1n) is 6.40. The highest BCUT2D eigenvalue weighted by molar-refractivity contribution is 9.10. The van der Waals surface area contributed by atoms with Crippen molar-refractivity contribution in [2.75, 3.05) is 24.3 Å². The van der Waals surface area contributed by atoms with E-state index in [0.717, 1.165) is 10.2 Å². The summed E-state index contributed by atoms with van der Waals surface area (Å²) in [5.41, 5.74) is 8.26. The average molecular weight is 352 g/mol. The number of anilines is 2. The Kier molecular flexibility index (Phi) is 4.64. The molecule has 1 unspecified atom stereocenters. The molecular weight excluding hydrogens is 334 g/mol. The van der Waals surface area contributed by atoms with Crippen molar-refractivity contribution >= 4 is 33.2 Å². The summed E-state index contributed by atoms with van der Waals surface area (Å²) >= 11 is 3.41. The number of nitrogens with two attached hydrogens (primary N) is 1. The Balaban J connectivity index is 2.21. The average Bonchev–Trinajstić information content (AvgIpc) is 2.84. The van der Waals surface area contributed by atoms with E-state index in [4.69, 9.17) is 5.73 Å². The summed E-state index contributed by atoms with van der Waals surface area (Å²) in [4.78, 5) is 14.2. The summed E-state index contributed by atoms with van der Waals surface area (Å²) in [5, 5.41) is 6.90. The lowest BCUT2D eigenvalue weighted by Crippen LogP contribution is -2.28. The molecular formula is C14H18BrN5O. The topological polar surface area (TPSA) is 76.2 Å². The van der Waals surface area contributed by atoms with Crippen molar-refractivity contribution in [3.05, 3.63) is 40.6 Å². The van der Waals surface area contributed by atoms with Crippen molar-refractivity contribution in [3.63, 3.8) is 0 Å². The largest absolute Gasteiger partial charge is 0.376 e. The van der Waals surface area contributed by atoms with Crippen LogP contribution >= 0.6 is 15.9 Å². The van der Waals surface area contributed by atoms with Gasteiger partial charge < -0.3 is 16.0 Å². The van der Waals surface area contributed by atoms with Crippen molar-refractivity contribution in [2.45, 2.75) is 6.04 Å². The van der Waals surface area contributed by atoms with Gasteiger partial charge in [-0.05, 0) is 18.2 Å². The van der Waals surface area contributed by atoms with Crippen LogP contribution in [0.2, 0.25) is 0 Å². The van der Waals surface area contributed by atoms with Crippen molar-refractivity contribution in [3.8, 4) is 0 Å². The van der Waals surface area contributed by atoms with Crippen LogP contribution in [-0.4, -0.2) is 29.8 Å². The van der Waals surface area contributed by atoms with Crippen LogP contribution < -0.4 is 16.0 Å². The van der Waals surface area contributed by atoms with E-state index in [0.29, 0.717) is 11.3 Å². The van der Waals surface area contributed by atoms with Crippen LogP contribution in [0.1, 0.15) is 11.6 Å². The van der Waals surface area contributed by atoms with E-state index < -0.39 is 6.04 Å². The number of carbonyl (C=O) groups excluding carboxylic acids is 1. The molecule has 1 amide bonds. The minimum Gasteiger partial charge on any atom is -0.376 e. The fraction of sp³-hybridized carbons (Fsp3) is 0.286. The lowest BCUT2D eigenvalue weighted by Gasteiger charge is -2.19. The number of hydrogen-bond acceptors (Lipinski definition) is 4. The fourth-order valence-electron chi connectivity index (χ4n) is 1.96. The molecule has 0 aliphatic heterocycles. The molecule has 0 saturated carbocycles. The molecule has 0 saturated heterocycles. The van der Waals surface area contributed by atoms with Gasteiger partial charge in [0.1, 0.15) is 6.04 Å². The molecule has 3 N–H and O–H groups in total. The quantitative estimate of drug-likeness (QED) is 0.881. The van der Waals surface area contributed by atoms with Gasteiger partial charge in [0.2, 0.25) is 5.91 Å². The second-order valence-electron chi connectivity index (χ2n) is 4.97. The fourth-order valence-corrected chi connectivity index (χ4v) is 2.32. The third kappa shape index (κ3) is 3.62. The second-order valence-corrected chi connectivity index (χ2v) is 5.89. The third-order valence-electron chi connectivity index (χ3n) is 3.06. The van der Waals surface area contributed by atoms with Crippen LogP contribution in [0.5, 0.6) is 0 Å². The van der Waals surface area contributed by atoms with Crippen LogP contribution in [0.25, 0.3) is 0 Å². The third-order valence-corrected chi connectivity index (χ3v) is 3.56. The second kappa shape index (κ2) is 6.28. The van der Waals surface area contributed by atoms with Crippen LogP contribution in [0.4, 0.5) is 11.4 Å². The van der Waals surface area contributed by atoms with Gasteiger partial charge in [0.25, 0.3) is 0 Å². The molecule has 112 valence electrons. The first-order chi connectivity index (χ1) is 9.88. The molecule has 0 aliphatic carbocycles. The van der Waals surface area contributed by atoms with Crippen LogP contribution in [0.3, 0.4) is 0 Å². The van der Waals surface area contributed by atoms with E-state index in [9.17, 15) is 4.79 Å². The van der Waals surface area contributed by atoms with Gasteiger partial charge in [0.05, 0.1) is 17.6 Å². The smallest absolute Gasteiger partial charge is 0.246 e. The van der Waals surface area contributed by atoms with Crippen molar-refractivity contribution in [1.29, 1.82) is 0 Å². The molecule has 0 radical (unpaired) electrons. The van der Waals surface area contributed by atoms with Gasteiger partial charge in [0, 0.05) is 37.4 Å². The summed E-state index contributed by atoms with van der Waals surface area (Å²) in [6.45, 7) is 0. The first-order valence-corrected chi connectivity index (χ1v) is 7.19. The first kappa shape index (κ1) is 15.5. The summed E-state index contributed by atoms with van der Waals surface area (Å²) in [6, 6.07) is 4.94. The number of aryl methyl sites for hydroxylation is 1. The Hall–Kier alpha value is -1.86. The number of rotatable bonds is 4. The standard InChI is InChI=1S/C14H18BrN5O/c1-19(2)12-5-4-10(15)6-11(12)18-14(21)13(16)9-7-17-20(3)8-9/h4-8,13H,16H2,1-3H3,(H,18,21). The molecule has 0 bridgehead atoms. The number of carbonyl (C=O) groups is 1. The van der Waals surface area contributed by atoms with Gasteiger partial charge in [-0.1, -0.05) is 15.9 Å². The molecule has 1 aromatic carbocycles. The van der Waals surface area contributed by atoms with E-state index in [1.54, 1.807) is 24.1 Å². The maximum absolute atomic E-state index is 12.3.